The zero-order valence-electron chi connectivity index (χ0n) is 13.3. The minimum absolute atomic E-state index is 0.0773. The third kappa shape index (κ3) is 5.36. The first-order valence-corrected chi connectivity index (χ1v) is 8.71. The van der Waals surface area contributed by atoms with Crippen LogP contribution in [-0.2, 0) is 14.8 Å². The first-order valence-electron chi connectivity index (χ1n) is 7.27. The molecule has 1 heterocycles. The van der Waals surface area contributed by atoms with Crippen molar-refractivity contribution in [1.29, 1.82) is 0 Å². The average Bonchev–Trinajstić information content (AvgIpc) is 2.52. The number of rotatable bonds is 9. The molecule has 1 amide bonds. The molecule has 1 aromatic heterocycles. The van der Waals surface area contributed by atoms with Crippen LogP contribution in [0.15, 0.2) is 29.4 Å². The molecule has 22 heavy (non-hydrogen) atoms. The third-order valence-corrected chi connectivity index (χ3v) is 5.14. The molecule has 1 rings (SSSR count). The summed E-state index contributed by atoms with van der Waals surface area (Å²) >= 11 is 0. The van der Waals surface area contributed by atoms with Gasteiger partial charge >= 0.3 is 0 Å². The molecule has 0 saturated carbocycles. The molecule has 0 fully saturated rings. The Balaban J connectivity index is 2.50. The number of pyridine rings is 1. The van der Waals surface area contributed by atoms with Crippen molar-refractivity contribution in [2.24, 2.45) is 0 Å². The molecular weight excluding hydrogens is 304 g/mol. The Kier molecular flexibility index (Phi) is 7.43. The Morgan fingerprint density at radius 2 is 2.00 bits per heavy atom. The van der Waals surface area contributed by atoms with E-state index in [0.717, 1.165) is 23.9 Å². The number of likely N-dealkylation sites (N-methyl/N-ethyl adjacent to an activating group) is 2. The van der Waals surface area contributed by atoms with Crippen LogP contribution in [0, 0.1) is 0 Å². The average molecular weight is 328 g/mol. The van der Waals surface area contributed by atoms with Crippen molar-refractivity contribution < 1.29 is 13.2 Å². The van der Waals surface area contributed by atoms with E-state index in [0.29, 0.717) is 6.54 Å². The van der Waals surface area contributed by atoms with Gasteiger partial charge in [0.05, 0.1) is 6.54 Å². The number of nitrogens with one attached hydrogen (secondary N) is 1. The number of hydrogen-bond acceptors (Lipinski definition) is 5. The lowest BCUT2D eigenvalue weighted by Crippen LogP contribution is -2.41. The van der Waals surface area contributed by atoms with Gasteiger partial charge in [-0.15, -0.1) is 0 Å². The van der Waals surface area contributed by atoms with E-state index in [1.165, 1.54) is 25.5 Å². The maximum Gasteiger partial charge on any atom is 0.244 e. The van der Waals surface area contributed by atoms with Gasteiger partial charge in [-0.25, -0.2) is 8.42 Å². The van der Waals surface area contributed by atoms with Crippen molar-refractivity contribution >= 4 is 15.9 Å². The number of nitrogens with zero attached hydrogens (tertiary/aromatic N) is 3. The summed E-state index contributed by atoms with van der Waals surface area (Å²) in [5, 5.41) is 2.73. The van der Waals surface area contributed by atoms with Gasteiger partial charge in [0.15, 0.2) is 0 Å². The molecule has 124 valence electrons. The number of hydrogen-bond donors (Lipinski definition) is 1. The van der Waals surface area contributed by atoms with Crippen molar-refractivity contribution in [3.05, 3.63) is 24.5 Å². The van der Waals surface area contributed by atoms with Gasteiger partial charge in [-0.2, -0.15) is 4.31 Å². The first kappa shape index (κ1) is 18.5. The number of aromatic nitrogens is 1. The molecule has 0 radical (unpaired) electrons. The predicted molar refractivity (Wildman–Crippen MR) is 84.9 cm³/mol. The summed E-state index contributed by atoms with van der Waals surface area (Å²) in [6.45, 7) is 6.98. The smallest absolute Gasteiger partial charge is 0.244 e. The Bertz CT molecular complexity index is 559. The van der Waals surface area contributed by atoms with Crippen molar-refractivity contribution in [1.82, 2.24) is 19.5 Å². The highest BCUT2D eigenvalue weighted by Gasteiger charge is 2.22. The van der Waals surface area contributed by atoms with E-state index >= 15 is 0 Å². The van der Waals surface area contributed by atoms with E-state index in [9.17, 15) is 13.2 Å². The highest BCUT2D eigenvalue weighted by Crippen LogP contribution is 2.11. The fourth-order valence-electron chi connectivity index (χ4n) is 1.92. The molecule has 0 aliphatic rings. The fourth-order valence-corrected chi connectivity index (χ4v) is 3.01. The SMILES string of the molecule is CCN(CC)CCNC(=O)CN(C)S(=O)(=O)c1cccnc1. The highest BCUT2D eigenvalue weighted by molar-refractivity contribution is 7.89. The Morgan fingerprint density at radius 3 is 2.55 bits per heavy atom. The molecular formula is C14H24N4O3S. The van der Waals surface area contributed by atoms with Gasteiger partial charge in [0.2, 0.25) is 15.9 Å². The molecule has 0 atom stereocenters. The van der Waals surface area contributed by atoms with Gasteiger partial charge in [-0.05, 0) is 25.2 Å². The van der Waals surface area contributed by atoms with Gasteiger partial charge in [-0.1, -0.05) is 13.8 Å². The molecule has 0 unspecified atom stereocenters. The third-order valence-electron chi connectivity index (χ3n) is 3.35. The lowest BCUT2D eigenvalue weighted by Gasteiger charge is -2.19. The molecule has 0 saturated heterocycles. The second-order valence-corrected chi connectivity index (χ2v) is 6.87. The van der Waals surface area contributed by atoms with Gasteiger partial charge in [0, 0.05) is 32.5 Å². The Morgan fingerprint density at radius 1 is 1.32 bits per heavy atom. The normalized spacial score (nSPS) is 11.9. The largest absolute Gasteiger partial charge is 0.354 e. The maximum atomic E-state index is 12.2. The molecule has 0 aliphatic heterocycles. The van der Waals surface area contributed by atoms with Crippen molar-refractivity contribution in [3.63, 3.8) is 0 Å². The zero-order valence-corrected chi connectivity index (χ0v) is 14.1. The van der Waals surface area contributed by atoms with Crippen molar-refractivity contribution in [2.75, 3.05) is 39.8 Å². The summed E-state index contributed by atoms with van der Waals surface area (Å²) in [6.07, 6.45) is 2.77. The summed E-state index contributed by atoms with van der Waals surface area (Å²) in [5.41, 5.74) is 0. The van der Waals surface area contributed by atoms with Crippen LogP contribution in [0.2, 0.25) is 0 Å². The monoisotopic (exact) mass is 328 g/mol. The maximum absolute atomic E-state index is 12.2. The number of sulfonamides is 1. The van der Waals surface area contributed by atoms with Gasteiger partial charge in [0.1, 0.15) is 4.90 Å². The molecule has 8 heteroatoms. The summed E-state index contributed by atoms with van der Waals surface area (Å²) in [4.78, 5) is 17.9. The summed E-state index contributed by atoms with van der Waals surface area (Å²) in [7, 11) is -2.30. The van der Waals surface area contributed by atoms with E-state index in [2.05, 4.69) is 29.0 Å². The Labute approximate surface area is 132 Å². The molecule has 0 bridgehead atoms. The van der Waals surface area contributed by atoms with E-state index < -0.39 is 10.0 Å². The fraction of sp³-hybridized carbons (Fsp3) is 0.571. The van der Waals surface area contributed by atoms with E-state index in [4.69, 9.17) is 0 Å². The van der Waals surface area contributed by atoms with Gasteiger partial charge in [-0.3, -0.25) is 9.78 Å². The molecule has 1 N–H and O–H groups in total. The minimum atomic E-state index is -3.69. The summed E-state index contributed by atoms with van der Waals surface area (Å²) in [6, 6.07) is 3.00. The molecule has 1 aromatic rings. The van der Waals surface area contributed by atoms with Crippen molar-refractivity contribution in [2.45, 2.75) is 18.7 Å². The highest BCUT2D eigenvalue weighted by atomic mass is 32.2. The Hall–Kier alpha value is -1.51. The topological polar surface area (TPSA) is 82.6 Å². The second kappa shape index (κ2) is 8.82. The van der Waals surface area contributed by atoms with Gasteiger partial charge < -0.3 is 10.2 Å². The number of amides is 1. The van der Waals surface area contributed by atoms with Crippen LogP contribution in [0.25, 0.3) is 0 Å². The van der Waals surface area contributed by atoms with Crippen molar-refractivity contribution in [3.8, 4) is 0 Å². The number of carbonyl (C=O) groups is 1. The first-order chi connectivity index (χ1) is 10.4. The van der Waals surface area contributed by atoms with Crippen LogP contribution in [0.5, 0.6) is 0 Å². The quantitative estimate of drug-likeness (QED) is 0.698. The van der Waals surface area contributed by atoms with Crippen LogP contribution >= 0.6 is 0 Å². The van der Waals surface area contributed by atoms with Crippen LogP contribution in [0.1, 0.15) is 13.8 Å². The molecule has 0 spiro atoms. The predicted octanol–water partition coefficient (Wildman–Crippen LogP) is 0.160. The van der Waals surface area contributed by atoms with Gasteiger partial charge in [0.25, 0.3) is 0 Å². The van der Waals surface area contributed by atoms with Crippen LogP contribution < -0.4 is 5.32 Å². The number of carbonyl (C=O) groups excluding carboxylic acids is 1. The van der Waals surface area contributed by atoms with E-state index in [1.807, 2.05) is 0 Å². The summed E-state index contributed by atoms with van der Waals surface area (Å²) < 4.78 is 25.5. The molecule has 7 nitrogen and oxygen atoms in total. The standard InChI is InChI=1S/C14H24N4O3S/c1-4-18(5-2)10-9-16-14(19)12-17(3)22(20,21)13-7-6-8-15-11-13/h6-8,11H,4-5,9-10,12H2,1-3H3,(H,16,19). The summed E-state index contributed by atoms with van der Waals surface area (Å²) in [5.74, 6) is -0.317. The van der Waals surface area contributed by atoms with Crippen LogP contribution in [-0.4, -0.2) is 68.3 Å². The lowest BCUT2D eigenvalue weighted by atomic mass is 10.4. The van der Waals surface area contributed by atoms with E-state index in [-0.39, 0.29) is 17.3 Å². The zero-order chi connectivity index (χ0) is 16.6. The lowest BCUT2D eigenvalue weighted by molar-refractivity contribution is -0.121. The second-order valence-electron chi connectivity index (χ2n) is 4.83. The van der Waals surface area contributed by atoms with Crippen LogP contribution in [0.4, 0.5) is 0 Å². The van der Waals surface area contributed by atoms with E-state index in [1.54, 1.807) is 6.07 Å². The molecule has 0 aromatic carbocycles. The minimum Gasteiger partial charge on any atom is -0.354 e. The van der Waals surface area contributed by atoms with Crippen LogP contribution in [0.3, 0.4) is 0 Å². The molecule has 0 aliphatic carbocycles.